The third kappa shape index (κ3) is 4.64. The number of hydrogen-bond donors (Lipinski definition) is 1. The van der Waals surface area contributed by atoms with E-state index in [0.717, 1.165) is 16.9 Å². The predicted molar refractivity (Wildman–Crippen MR) is 100 cm³/mol. The van der Waals surface area contributed by atoms with Crippen LogP contribution < -0.4 is 10.1 Å². The maximum Gasteiger partial charge on any atom is 0.220 e. The summed E-state index contributed by atoms with van der Waals surface area (Å²) < 4.78 is 10.8. The van der Waals surface area contributed by atoms with Gasteiger partial charge in [-0.3, -0.25) is 4.79 Å². The molecule has 0 aliphatic rings. The normalized spacial score (nSPS) is 10.5. The van der Waals surface area contributed by atoms with E-state index in [1.54, 1.807) is 19.4 Å². The molecule has 26 heavy (non-hydrogen) atoms. The van der Waals surface area contributed by atoms with Gasteiger partial charge in [-0.1, -0.05) is 35.9 Å². The Bertz CT molecular complexity index is 875. The first kappa shape index (κ1) is 18.0. The fourth-order valence-corrected chi connectivity index (χ4v) is 2.69. The Kier molecular flexibility index (Phi) is 5.92. The molecular formula is C20H19ClN2O3. The standard InChI is InChI=1S/C20H19ClN2O3/c1-25-15-8-6-14(7-9-15)12-22-19(24)10-11-20-23-13-18(26-20)16-4-2-3-5-17(16)21/h2-9,13H,10-12H2,1H3,(H,22,24). The van der Waals surface area contributed by atoms with E-state index in [4.69, 9.17) is 20.8 Å². The number of carbonyl (C=O) groups excluding carboxylic acids is 1. The summed E-state index contributed by atoms with van der Waals surface area (Å²) in [5.74, 6) is 1.85. The molecule has 0 fully saturated rings. The lowest BCUT2D eigenvalue weighted by Gasteiger charge is -2.05. The summed E-state index contributed by atoms with van der Waals surface area (Å²) >= 11 is 6.15. The van der Waals surface area contributed by atoms with Crippen LogP contribution in [-0.4, -0.2) is 18.0 Å². The smallest absolute Gasteiger partial charge is 0.220 e. The zero-order valence-corrected chi connectivity index (χ0v) is 15.1. The molecule has 1 amide bonds. The van der Waals surface area contributed by atoms with Crippen LogP contribution in [0.5, 0.6) is 5.75 Å². The minimum Gasteiger partial charge on any atom is -0.497 e. The number of carbonyl (C=O) groups is 1. The highest BCUT2D eigenvalue weighted by Gasteiger charge is 2.11. The van der Waals surface area contributed by atoms with Crippen LogP contribution in [0.25, 0.3) is 11.3 Å². The molecule has 1 N–H and O–H groups in total. The number of ether oxygens (including phenoxy) is 1. The molecular weight excluding hydrogens is 352 g/mol. The van der Waals surface area contributed by atoms with E-state index < -0.39 is 0 Å². The van der Waals surface area contributed by atoms with Crippen LogP contribution in [0, 0.1) is 0 Å². The minimum absolute atomic E-state index is 0.0571. The Morgan fingerprint density at radius 2 is 1.96 bits per heavy atom. The Hall–Kier alpha value is -2.79. The monoisotopic (exact) mass is 370 g/mol. The SMILES string of the molecule is COc1ccc(CNC(=O)CCc2ncc(-c3ccccc3Cl)o2)cc1. The van der Waals surface area contributed by atoms with Gasteiger partial charge in [0.05, 0.1) is 18.3 Å². The third-order valence-corrected chi connectivity index (χ3v) is 4.24. The molecule has 2 aromatic carbocycles. The number of aryl methyl sites for hydroxylation is 1. The third-order valence-electron chi connectivity index (χ3n) is 3.91. The molecule has 0 aliphatic carbocycles. The zero-order chi connectivity index (χ0) is 18.4. The Labute approximate surface area is 157 Å². The minimum atomic E-state index is -0.0571. The van der Waals surface area contributed by atoms with Crippen molar-refractivity contribution in [1.82, 2.24) is 10.3 Å². The summed E-state index contributed by atoms with van der Waals surface area (Å²) in [5.41, 5.74) is 1.80. The van der Waals surface area contributed by atoms with Crippen molar-refractivity contribution < 1.29 is 13.9 Å². The number of methoxy groups -OCH3 is 1. The molecule has 3 rings (SSSR count). The Balaban J connectivity index is 1.49. The molecule has 0 unspecified atom stereocenters. The van der Waals surface area contributed by atoms with Crippen LogP contribution in [0.1, 0.15) is 17.9 Å². The lowest BCUT2D eigenvalue weighted by atomic mass is 10.2. The van der Waals surface area contributed by atoms with Crippen molar-refractivity contribution in [3.8, 4) is 17.1 Å². The summed E-state index contributed by atoms with van der Waals surface area (Å²) in [7, 11) is 1.62. The number of aromatic nitrogens is 1. The lowest BCUT2D eigenvalue weighted by molar-refractivity contribution is -0.121. The predicted octanol–water partition coefficient (Wildman–Crippen LogP) is 4.25. The second kappa shape index (κ2) is 8.54. The highest BCUT2D eigenvalue weighted by molar-refractivity contribution is 6.33. The largest absolute Gasteiger partial charge is 0.497 e. The maximum atomic E-state index is 12.0. The summed E-state index contributed by atoms with van der Waals surface area (Å²) in [6, 6.07) is 15.0. The number of amides is 1. The topological polar surface area (TPSA) is 64.4 Å². The zero-order valence-electron chi connectivity index (χ0n) is 14.4. The Morgan fingerprint density at radius 1 is 1.19 bits per heavy atom. The second-order valence-electron chi connectivity index (χ2n) is 5.72. The first-order valence-corrected chi connectivity index (χ1v) is 8.63. The first-order valence-electron chi connectivity index (χ1n) is 8.25. The number of nitrogens with zero attached hydrogens (tertiary/aromatic N) is 1. The van der Waals surface area contributed by atoms with Gasteiger partial charge in [-0.05, 0) is 29.8 Å². The highest BCUT2D eigenvalue weighted by atomic mass is 35.5. The molecule has 5 nitrogen and oxygen atoms in total. The van der Waals surface area contributed by atoms with Crippen molar-refractivity contribution in [3.63, 3.8) is 0 Å². The molecule has 0 spiro atoms. The van der Waals surface area contributed by atoms with Crippen LogP contribution in [-0.2, 0) is 17.8 Å². The van der Waals surface area contributed by atoms with Gasteiger partial charge >= 0.3 is 0 Å². The summed E-state index contributed by atoms with van der Waals surface area (Å²) in [4.78, 5) is 16.2. The molecule has 3 aromatic rings. The van der Waals surface area contributed by atoms with Crippen LogP contribution in [0.15, 0.2) is 59.1 Å². The highest BCUT2D eigenvalue weighted by Crippen LogP contribution is 2.28. The van der Waals surface area contributed by atoms with Gasteiger partial charge in [0.1, 0.15) is 5.75 Å². The van der Waals surface area contributed by atoms with E-state index >= 15 is 0 Å². The number of oxazole rings is 1. The van der Waals surface area contributed by atoms with Crippen molar-refractivity contribution in [2.45, 2.75) is 19.4 Å². The molecule has 0 radical (unpaired) electrons. The van der Waals surface area contributed by atoms with Gasteiger partial charge in [0.25, 0.3) is 0 Å². The molecule has 1 heterocycles. The van der Waals surface area contributed by atoms with Crippen LogP contribution in [0.2, 0.25) is 5.02 Å². The molecule has 0 aliphatic heterocycles. The van der Waals surface area contributed by atoms with E-state index in [-0.39, 0.29) is 5.91 Å². The first-order chi connectivity index (χ1) is 12.7. The van der Waals surface area contributed by atoms with Gasteiger partial charge in [0.15, 0.2) is 11.7 Å². The fraction of sp³-hybridized carbons (Fsp3) is 0.200. The molecule has 6 heteroatoms. The number of rotatable bonds is 7. The van der Waals surface area contributed by atoms with Crippen LogP contribution >= 0.6 is 11.6 Å². The van der Waals surface area contributed by atoms with Crippen molar-refractivity contribution in [1.29, 1.82) is 0 Å². The summed E-state index contributed by atoms with van der Waals surface area (Å²) in [6.45, 7) is 0.472. The van der Waals surface area contributed by atoms with E-state index in [9.17, 15) is 4.79 Å². The van der Waals surface area contributed by atoms with Crippen molar-refractivity contribution in [2.75, 3.05) is 7.11 Å². The number of halogens is 1. The maximum absolute atomic E-state index is 12.0. The van der Waals surface area contributed by atoms with Gasteiger partial charge in [-0.2, -0.15) is 0 Å². The molecule has 0 saturated carbocycles. The molecule has 0 bridgehead atoms. The van der Waals surface area contributed by atoms with E-state index in [1.807, 2.05) is 42.5 Å². The van der Waals surface area contributed by atoms with Gasteiger partial charge < -0.3 is 14.5 Å². The molecule has 0 atom stereocenters. The number of hydrogen-bond acceptors (Lipinski definition) is 4. The second-order valence-corrected chi connectivity index (χ2v) is 6.13. The average Bonchev–Trinajstić information content (AvgIpc) is 3.14. The fourth-order valence-electron chi connectivity index (χ4n) is 2.46. The van der Waals surface area contributed by atoms with Gasteiger partial charge in [-0.25, -0.2) is 4.98 Å². The van der Waals surface area contributed by atoms with Crippen molar-refractivity contribution >= 4 is 17.5 Å². The van der Waals surface area contributed by atoms with Gasteiger partial charge in [-0.15, -0.1) is 0 Å². The molecule has 134 valence electrons. The van der Waals surface area contributed by atoms with Gasteiger partial charge in [0.2, 0.25) is 5.91 Å². The molecule has 0 saturated heterocycles. The van der Waals surface area contributed by atoms with Crippen molar-refractivity contribution in [2.24, 2.45) is 0 Å². The van der Waals surface area contributed by atoms with Crippen LogP contribution in [0.4, 0.5) is 0 Å². The Morgan fingerprint density at radius 3 is 2.69 bits per heavy atom. The van der Waals surface area contributed by atoms with Crippen molar-refractivity contribution in [3.05, 3.63) is 71.2 Å². The van der Waals surface area contributed by atoms with E-state index in [2.05, 4.69) is 10.3 Å². The van der Waals surface area contributed by atoms with E-state index in [0.29, 0.717) is 36.1 Å². The van der Waals surface area contributed by atoms with Crippen LogP contribution in [0.3, 0.4) is 0 Å². The van der Waals surface area contributed by atoms with E-state index in [1.165, 1.54) is 0 Å². The summed E-state index contributed by atoms with van der Waals surface area (Å²) in [5, 5.41) is 3.49. The number of benzene rings is 2. The average molecular weight is 371 g/mol. The lowest BCUT2D eigenvalue weighted by Crippen LogP contribution is -2.23. The summed E-state index contributed by atoms with van der Waals surface area (Å²) in [6.07, 6.45) is 2.36. The number of nitrogens with one attached hydrogen (secondary N) is 1. The molecule has 1 aromatic heterocycles. The quantitative estimate of drug-likeness (QED) is 0.675. The van der Waals surface area contributed by atoms with Gasteiger partial charge in [0, 0.05) is 24.9 Å².